The summed E-state index contributed by atoms with van der Waals surface area (Å²) in [5, 5.41) is 0. The highest BCUT2D eigenvalue weighted by Crippen LogP contribution is 2.03. The minimum atomic E-state index is 0.259. The van der Waals surface area contributed by atoms with E-state index in [4.69, 9.17) is 5.73 Å². The Morgan fingerprint density at radius 2 is 1.73 bits per heavy atom. The molecule has 0 saturated heterocycles. The first-order chi connectivity index (χ1) is 5.41. The van der Waals surface area contributed by atoms with Crippen molar-refractivity contribution >= 4 is 0 Å². The van der Waals surface area contributed by atoms with Gasteiger partial charge in [0.1, 0.15) is 0 Å². The Morgan fingerprint density at radius 3 is 2.36 bits per heavy atom. The monoisotopic (exact) mass is 152 g/mol. The summed E-state index contributed by atoms with van der Waals surface area (Å²) in [6.07, 6.45) is 7.51. The largest absolute Gasteiger partial charge is 0.245 e. The van der Waals surface area contributed by atoms with Crippen molar-refractivity contribution in [2.75, 3.05) is 6.54 Å². The van der Waals surface area contributed by atoms with Gasteiger partial charge in [-0.1, -0.05) is 38.5 Å². The summed E-state index contributed by atoms with van der Waals surface area (Å²) in [5.74, 6) is 5.73. The zero-order valence-corrected chi connectivity index (χ0v) is 7.45. The molecule has 0 aliphatic heterocycles. The van der Waals surface area contributed by atoms with Crippen LogP contribution in [0.5, 0.6) is 0 Å². The maximum Gasteiger partial charge on any atom is 0.0712 e. The average molecular weight is 152 g/mol. The van der Waals surface area contributed by atoms with Gasteiger partial charge in [0.05, 0.1) is 6.54 Å². The van der Waals surface area contributed by atoms with Gasteiger partial charge in [-0.25, -0.2) is 5.73 Å². The van der Waals surface area contributed by atoms with Crippen LogP contribution in [0.25, 0.3) is 0 Å². The number of hydrogen-bond donors (Lipinski definition) is 0. The molecule has 0 rings (SSSR count). The van der Waals surface area contributed by atoms with Crippen molar-refractivity contribution in [1.29, 1.82) is 0 Å². The van der Waals surface area contributed by atoms with Crippen molar-refractivity contribution in [3.05, 3.63) is 0 Å². The lowest BCUT2D eigenvalue weighted by molar-refractivity contribution is 0.641. The second-order valence-corrected chi connectivity index (χ2v) is 2.69. The maximum atomic E-state index is 6.78. The first-order valence-corrected chi connectivity index (χ1v) is 4.52. The van der Waals surface area contributed by atoms with Crippen LogP contribution in [0.4, 0.5) is 0 Å². The molecule has 1 radical (unpaired) electrons. The second kappa shape index (κ2) is 9.52. The second-order valence-electron chi connectivity index (χ2n) is 2.69. The summed E-state index contributed by atoms with van der Waals surface area (Å²) in [5.41, 5.74) is 6.78. The van der Waals surface area contributed by atoms with Crippen molar-refractivity contribution in [1.82, 2.24) is 5.73 Å². The Labute approximate surface area is 70.4 Å². The molecular weight excluding hydrogens is 134 g/mol. The van der Waals surface area contributed by atoms with Crippen molar-refractivity contribution in [3.63, 3.8) is 0 Å². The predicted octanol–water partition coefficient (Wildman–Crippen LogP) is 2.63. The van der Waals surface area contributed by atoms with Gasteiger partial charge in [-0.15, -0.1) is 5.92 Å². The Morgan fingerprint density at radius 1 is 1.00 bits per heavy atom. The number of unbranched alkanes of at least 4 members (excludes halogenated alkanes) is 5. The molecule has 0 amide bonds. The molecule has 0 aromatic heterocycles. The van der Waals surface area contributed by atoms with E-state index in [1.807, 2.05) is 0 Å². The summed E-state index contributed by atoms with van der Waals surface area (Å²) in [4.78, 5) is 0. The molecule has 0 bridgehead atoms. The molecule has 63 valence electrons. The first-order valence-electron chi connectivity index (χ1n) is 4.52. The van der Waals surface area contributed by atoms with Gasteiger partial charge >= 0.3 is 0 Å². The summed E-state index contributed by atoms with van der Waals surface area (Å²) in [6.45, 7) is 2.48. The Balaban J connectivity index is 2.90. The van der Waals surface area contributed by atoms with Gasteiger partial charge in [0.25, 0.3) is 0 Å². The molecule has 0 aromatic carbocycles. The van der Waals surface area contributed by atoms with Crippen LogP contribution < -0.4 is 5.73 Å². The van der Waals surface area contributed by atoms with E-state index in [1.54, 1.807) is 0 Å². The molecular formula is C10H18N. The maximum absolute atomic E-state index is 6.78. The Hall–Kier alpha value is -0.480. The van der Waals surface area contributed by atoms with E-state index < -0.39 is 0 Å². The quantitative estimate of drug-likeness (QED) is 0.427. The number of rotatable bonds is 5. The molecule has 0 saturated carbocycles. The molecule has 0 aliphatic rings. The fourth-order valence-electron chi connectivity index (χ4n) is 0.968. The van der Waals surface area contributed by atoms with E-state index in [0.29, 0.717) is 0 Å². The van der Waals surface area contributed by atoms with Gasteiger partial charge in [0.2, 0.25) is 0 Å². The third-order valence-electron chi connectivity index (χ3n) is 1.62. The van der Waals surface area contributed by atoms with Gasteiger partial charge in [0.15, 0.2) is 0 Å². The molecule has 0 spiro atoms. The molecule has 1 nitrogen and oxygen atoms in total. The van der Waals surface area contributed by atoms with Crippen LogP contribution in [0.1, 0.15) is 45.4 Å². The molecule has 0 aliphatic carbocycles. The van der Waals surface area contributed by atoms with Gasteiger partial charge in [-0.3, -0.25) is 0 Å². The van der Waals surface area contributed by atoms with E-state index in [1.165, 1.54) is 32.1 Å². The zero-order chi connectivity index (χ0) is 8.36. The third kappa shape index (κ3) is 9.52. The highest BCUT2D eigenvalue weighted by Gasteiger charge is 1.85. The average Bonchev–Trinajstić information content (AvgIpc) is 2.03. The third-order valence-corrected chi connectivity index (χ3v) is 1.62. The van der Waals surface area contributed by atoms with Crippen LogP contribution in [0.3, 0.4) is 0 Å². The molecule has 0 unspecified atom stereocenters. The van der Waals surface area contributed by atoms with E-state index in [-0.39, 0.29) is 6.54 Å². The van der Waals surface area contributed by atoms with Crippen molar-refractivity contribution in [2.45, 2.75) is 45.4 Å². The van der Waals surface area contributed by atoms with Crippen molar-refractivity contribution in [2.24, 2.45) is 0 Å². The Bertz CT molecular complexity index is 119. The lowest BCUT2D eigenvalue weighted by Crippen LogP contribution is -1.78. The van der Waals surface area contributed by atoms with Crippen LogP contribution in [0.2, 0.25) is 0 Å². The molecule has 0 aromatic rings. The van der Waals surface area contributed by atoms with E-state index in [0.717, 1.165) is 6.42 Å². The van der Waals surface area contributed by atoms with E-state index >= 15 is 0 Å². The number of nitrogens with one attached hydrogen (secondary N) is 1. The topological polar surface area (TPSA) is 23.8 Å². The predicted molar refractivity (Wildman–Crippen MR) is 49.1 cm³/mol. The first kappa shape index (κ1) is 10.5. The van der Waals surface area contributed by atoms with Crippen LogP contribution in [0, 0.1) is 11.8 Å². The summed E-state index contributed by atoms with van der Waals surface area (Å²) in [6, 6.07) is 0. The minimum absolute atomic E-state index is 0.259. The molecule has 11 heavy (non-hydrogen) atoms. The fraction of sp³-hybridized carbons (Fsp3) is 0.800. The highest BCUT2D eigenvalue weighted by molar-refractivity contribution is 4.99. The number of hydrogen-bond acceptors (Lipinski definition) is 0. The van der Waals surface area contributed by atoms with E-state index in [9.17, 15) is 0 Å². The van der Waals surface area contributed by atoms with E-state index in [2.05, 4.69) is 18.8 Å². The minimum Gasteiger partial charge on any atom is -0.245 e. The molecule has 0 atom stereocenters. The lowest BCUT2D eigenvalue weighted by Gasteiger charge is -1.94. The fourth-order valence-corrected chi connectivity index (χ4v) is 0.968. The molecule has 1 heteroatoms. The van der Waals surface area contributed by atoms with Gasteiger partial charge in [0, 0.05) is 6.42 Å². The lowest BCUT2D eigenvalue weighted by atomic mass is 10.1. The van der Waals surface area contributed by atoms with Crippen LogP contribution in [0.15, 0.2) is 0 Å². The summed E-state index contributed by atoms with van der Waals surface area (Å²) < 4.78 is 0. The van der Waals surface area contributed by atoms with Crippen molar-refractivity contribution in [3.8, 4) is 11.8 Å². The Kier molecular flexibility index (Phi) is 9.10. The van der Waals surface area contributed by atoms with Crippen molar-refractivity contribution < 1.29 is 0 Å². The molecule has 0 heterocycles. The summed E-state index contributed by atoms with van der Waals surface area (Å²) in [7, 11) is 0. The van der Waals surface area contributed by atoms with Crippen LogP contribution >= 0.6 is 0 Å². The zero-order valence-electron chi connectivity index (χ0n) is 7.45. The van der Waals surface area contributed by atoms with Gasteiger partial charge < -0.3 is 0 Å². The normalized spacial score (nSPS) is 8.91. The smallest absolute Gasteiger partial charge is 0.0712 e. The van der Waals surface area contributed by atoms with Gasteiger partial charge in [-0.2, -0.15) is 0 Å². The SMILES string of the molecule is CCCCCCCC#CC[NH]. The van der Waals surface area contributed by atoms with Crippen LogP contribution in [-0.4, -0.2) is 6.54 Å². The molecule has 1 N–H and O–H groups in total. The summed E-state index contributed by atoms with van der Waals surface area (Å²) >= 11 is 0. The molecule has 0 fully saturated rings. The van der Waals surface area contributed by atoms with Gasteiger partial charge in [-0.05, 0) is 6.42 Å². The van der Waals surface area contributed by atoms with Crippen LogP contribution in [-0.2, 0) is 0 Å². The highest BCUT2D eigenvalue weighted by atomic mass is 14.5. The standard InChI is InChI=1S/C10H18N/c1-2-3-4-5-6-7-8-9-10-11/h11H,2-7,10H2,1H3.